The van der Waals surface area contributed by atoms with Crippen LogP contribution in [0.4, 0.5) is 0 Å². The van der Waals surface area contributed by atoms with Gasteiger partial charge >= 0.3 is 5.97 Å². The van der Waals surface area contributed by atoms with Crippen LogP contribution in [0, 0.1) is 0 Å². The molecule has 0 aliphatic rings. The van der Waals surface area contributed by atoms with Crippen molar-refractivity contribution in [2.75, 3.05) is 0 Å². The summed E-state index contributed by atoms with van der Waals surface area (Å²) < 4.78 is 2.15. The number of para-hydroxylation sites is 1. The predicted octanol–water partition coefficient (Wildman–Crippen LogP) is 5.72. The zero-order valence-corrected chi connectivity index (χ0v) is 19.0. The van der Waals surface area contributed by atoms with Gasteiger partial charge in [0.1, 0.15) is 6.04 Å². The van der Waals surface area contributed by atoms with Crippen LogP contribution in [0.15, 0.2) is 115 Å². The second-order valence-corrected chi connectivity index (χ2v) is 8.42. The minimum atomic E-state index is -1.06. The largest absolute Gasteiger partial charge is 0.480 e. The number of hydrogen-bond acceptors (Lipinski definition) is 2. The number of carbonyl (C=O) groups excluding carboxylic acids is 1. The lowest BCUT2D eigenvalue weighted by Gasteiger charge is -2.15. The first-order chi connectivity index (χ1) is 17.1. The maximum atomic E-state index is 12.7. The van der Waals surface area contributed by atoms with E-state index < -0.39 is 17.9 Å². The first-order valence-corrected chi connectivity index (χ1v) is 11.4. The number of benzene rings is 4. The number of rotatable bonds is 7. The van der Waals surface area contributed by atoms with Crippen molar-refractivity contribution in [1.29, 1.82) is 0 Å². The van der Waals surface area contributed by atoms with Gasteiger partial charge in [-0.2, -0.15) is 0 Å². The maximum Gasteiger partial charge on any atom is 0.326 e. The van der Waals surface area contributed by atoms with E-state index in [0.717, 1.165) is 27.9 Å². The van der Waals surface area contributed by atoms with Crippen LogP contribution in [-0.2, 0) is 11.2 Å². The van der Waals surface area contributed by atoms with E-state index in [9.17, 15) is 14.7 Å². The van der Waals surface area contributed by atoms with Gasteiger partial charge in [0.2, 0.25) is 0 Å². The van der Waals surface area contributed by atoms with E-state index in [1.54, 1.807) is 12.1 Å². The lowest BCUT2D eigenvalue weighted by Crippen LogP contribution is -2.42. The van der Waals surface area contributed by atoms with E-state index in [2.05, 4.69) is 58.5 Å². The summed E-state index contributed by atoms with van der Waals surface area (Å²) in [5, 5.41) is 13.4. The Balaban J connectivity index is 1.29. The Hall–Kier alpha value is -4.64. The summed E-state index contributed by atoms with van der Waals surface area (Å²) in [6.07, 6.45) is 2.29. The zero-order valence-electron chi connectivity index (χ0n) is 19.0. The second kappa shape index (κ2) is 9.69. The minimum absolute atomic E-state index is 0.225. The number of fused-ring (bicyclic) bond motifs is 1. The fourth-order valence-electron chi connectivity index (χ4n) is 4.23. The molecule has 0 radical (unpaired) electrons. The molecule has 5 nitrogen and oxygen atoms in total. The molecule has 35 heavy (non-hydrogen) atoms. The molecule has 0 bridgehead atoms. The number of aliphatic carboxylic acids is 1. The van der Waals surface area contributed by atoms with Crippen molar-refractivity contribution in [3.8, 4) is 16.8 Å². The molecule has 1 aromatic heterocycles. The number of nitrogens with zero attached hydrogens (tertiary/aromatic N) is 1. The molecular formula is C30H24N2O3. The summed E-state index contributed by atoms with van der Waals surface area (Å²) in [5.41, 5.74) is 5.51. The number of aromatic nitrogens is 1. The Morgan fingerprint density at radius 3 is 2.06 bits per heavy atom. The third-order valence-corrected chi connectivity index (χ3v) is 6.11. The van der Waals surface area contributed by atoms with Crippen molar-refractivity contribution in [3.63, 3.8) is 0 Å². The summed E-state index contributed by atoms with van der Waals surface area (Å²) in [7, 11) is 0. The third-order valence-electron chi connectivity index (χ3n) is 6.11. The molecule has 5 aromatic rings. The third kappa shape index (κ3) is 4.84. The molecule has 0 saturated carbocycles. The first-order valence-electron chi connectivity index (χ1n) is 11.4. The molecule has 1 amide bonds. The molecule has 0 saturated heterocycles. The van der Waals surface area contributed by atoms with E-state index in [-0.39, 0.29) is 6.42 Å². The summed E-state index contributed by atoms with van der Waals surface area (Å²) in [6.45, 7) is 0. The van der Waals surface area contributed by atoms with Crippen LogP contribution in [0.2, 0.25) is 0 Å². The number of carboxylic acids is 1. The highest BCUT2D eigenvalue weighted by Crippen LogP contribution is 2.24. The van der Waals surface area contributed by atoms with E-state index in [1.807, 2.05) is 54.6 Å². The predicted molar refractivity (Wildman–Crippen MR) is 138 cm³/mol. The summed E-state index contributed by atoms with van der Waals surface area (Å²) in [5.74, 6) is -1.47. The van der Waals surface area contributed by atoms with Crippen molar-refractivity contribution in [1.82, 2.24) is 9.88 Å². The number of hydrogen-bond donors (Lipinski definition) is 2. The standard InChI is InChI=1S/C30H24N2O3/c33-29(31-27(30(34)35)20-21-6-2-1-3-7-21)25-12-10-22(11-13-25)23-14-16-26(17-15-23)32-19-18-24-8-4-5-9-28(24)32/h1-19,27H,20H2,(H,31,33)(H,34,35). The number of nitrogens with one attached hydrogen (secondary N) is 1. The Morgan fingerprint density at radius 2 is 1.37 bits per heavy atom. The minimum Gasteiger partial charge on any atom is -0.480 e. The highest BCUT2D eigenvalue weighted by atomic mass is 16.4. The molecule has 5 rings (SSSR count). The summed E-state index contributed by atoms with van der Waals surface area (Å²) in [4.78, 5) is 24.4. The van der Waals surface area contributed by atoms with E-state index >= 15 is 0 Å². The van der Waals surface area contributed by atoms with E-state index in [0.29, 0.717) is 5.56 Å². The molecule has 0 aliphatic heterocycles. The molecule has 172 valence electrons. The van der Waals surface area contributed by atoms with Crippen LogP contribution in [-0.4, -0.2) is 27.6 Å². The number of amides is 1. The lowest BCUT2D eigenvalue weighted by atomic mass is 10.0. The van der Waals surface area contributed by atoms with Crippen molar-refractivity contribution in [2.45, 2.75) is 12.5 Å². The smallest absolute Gasteiger partial charge is 0.326 e. The van der Waals surface area contributed by atoms with Gasteiger partial charge in [-0.1, -0.05) is 72.8 Å². The Bertz CT molecular complexity index is 1470. The van der Waals surface area contributed by atoms with Gasteiger partial charge in [0, 0.05) is 23.9 Å². The highest BCUT2D eigenvalue weighted by Gasteiger charge is 2.21. The Morgan fingerprint density at radius 1 is 0.743 bits per heavy atom. The molecule has 2 N–H and O–H groups in total. The van der Waals surface area contributed by atoms with Crippen molar-refractivity contribution in [3.05, 3.63) is 127 Å². The van der Waals surface area contributed by atoms with Crippen molar-refractivity contribution in [2.24, 2.45) is 0 Å². The van der Waals surface area contributed by atoms with Gasteiger partial charge in [-0.3, -0.25) is 4.79 Å². The molecule has 0 fully saturated rings. The Kier molecular flexibility index (Phi) is 6.14. The zero-order chi connectivity index (χ0) is 24.2. The van der Waals surface area contributed by atoms with Crippen LogP contribution in [0.1, 0.15) is 15.9 Å². The number of carbonyl (C=O) groups is 2. The van der Waals surface area contributed by atoms with Gasteiger partial charge in [-0.25, -0.2) is 4.79 Å². The molecule has 0 aliphatic carbocycles. The normalized spacial score (nSPS) is 11.8. The van der Waals surface area contributed by atoms with E-state index in [4.69, 9.17) is 0 Å². The van der Waals surface area contributed by atoms with E-state index in [1.165, 1.54) is 5.39 Å². The molecule has 1 unspecified atom stereocenters. The van der Waals surface area contributed by atoms with Crippen molar-refractivity contribution >= 4 is 22.8 Å². The fraction of sp³-hybridized carbons (Fsp3) is 0.0667. The van der Waals surface area contributed by atoms with Gasteiger partial charge in [-0.05, 0) is 58.5 Å². The molecule has 4 aromatic carbocycles. The lowest BCUT2D eigenvalue weighted by molar-refractivity contribution is -0.139. The summed E-state index contributed by atoms with van der Waals surface area (Å²) in [6, 6.07) is 34.1. The van der Waals surface area contributed by atoms with Crippen LogP contribution in [0.25, 0.3) is 27.7 Å². The average Bonchev–Trinajstić information content (AvgIpc) is 3.33. The van der Waals surface area contributed by atoms with Gasteiger partial charge in [0.25, 0.3) is 5.91 Å². The van der Waals surface area contributed by atoms with Gasteiger partial charge in [0.15, 0.2) is 0 Å². The second-order valence-electron chi connectivity index (χ2n) is 8.42. The number of carboxylic acid groups (broad SMARTS) is 1. The molecule has 5 heteroatoms. The van der Waals surface area contributed by atoms with Crippen LogP contribution in [0.3, 0.4) is 0 Å². The highest BCUT2D eigenvalue weighted by molar-refractivity contribution is 5.97. The summed E-state index contributed by atoms with van der Waals surface area (Å²) >= 11 is 0. The van der Waals surface area contributed by atoms with Crippen LogP contribution in [0.5, 0.6) is 0 Å². The van der Waals surface area contributed by atoms with Crippen LogP contribution >= 0.6 is 0 Å². The first kappa shape index (κ1) is 22.2. The molecule has 1 heterocycles. The SMILES string of the molecule is O=C(NC(Cc1ccccc1)C(=O)O)c1ccc(-c2ccc(-n3ccc4ccccc43)cc2)cc1. The van der Waals surface area contributed by atoms with Crippen molar-refractivity contribution < 1.29 is 14.7 Å². The molecule has 0 spiro atoms. The van der Waals surface area contributed by atoms with Gasteiger partial charge < -0.3 is 15.0 Å². The van der Waals surface area contributed by atoms with Gasteiger partial charge in [-0.15, -0.1) is 0 Å². The van der Waals surface area contributed by atoms with Crippen LogP contribution < -0.4 is 5.32 Å². The molecule has 1 atom stereocenters. The quantitative estimate of drug-likeness (QED) is 0.326. The Labute approximate surface area is 203 Å². The average molecular weight is 461 g/mol. The fourth-order valence-corrected chi connectivity index (χ4v) is 4.23. The molecular weight excluding hydrogens is 436 g/mol. The maximum absolute atomic E-state index is 12.7. The topological polar surface area (TPSA) is 71.3 Å². The van der Waals surface area contributed by atoms with Gasteiger partial charge in [0.05, 0.1) is 5.52 Å². The monoisotopic (exact) mass is 460 g/mol.